The fourth-order valence-corrected chi connectivity index (χ4v) is 2.46. The van der Waals surface area contributed by atoms with Crippen molar-refractivity contribution in [2.45, 2.75) is 71.3 Å². The Bertz CT molecular complexity index is 512. The van der Waals surface area contributed by atoms with Gasteiger partial charge in [0.2, 0.25) is 11.8 Å². The molecule has 162 valence electrons. The molecule has 9 heteroatoms. The number of unbranched alkanes of at least 4 members (excludes halogenated alkanes) is 2. The Morgan fingerprint density at radius 1 is 0.786 bits per heavy atom. The Hall–Kier alpha value is -2.16. The van der Waals surface area contributed by atoms with Crippen molar-refractivity contribution in [3.05, 3.63) is 0 Å². The lowest BCUT2D eigenvalue weighted by Gasteiger charge is -2.16. The van der Waals surface area contributed by atoms with Gasteiger partial charge >= 0.3 is 11.9 Å². The average Bonchev–Trinajstić information content (AvgIpc) is 2.65. The van der Waals surface area contributed by atoms with Gasteiger partial charge in [0.05, 0.1) is 11.8 Å². The van der Waals surface area contributed by atoms with Crippen LogP contribution in [0.5, 0.6) is 0 Å². The zero-order valence-electron chi connectivity index (χ0n) is 17.0. The first-order valence-electron chi connectivity index (χ1n) is 9.89. The summed E-state index contributed by atoms with van der Waals surface area (Å²) in [5, 5.41) is 0. The summed E-state index contributed by atoms with van der Waals surface area (Å²) in [7, 11) is 0. The normalized spacial score (nSPS) is 14.0. The van der Waals surface area contributed by atoms with E-state index in [9.17, 15) is 19.2 Å². The Kier molecular flexibility index (Phi) is 13.7. The number of hydrogen-bond donors (Lipinski definition) is 3. The highest BCUT2D eigenvalue weighted by Gasteiger charge is 2.22. The molecule has 0 aliphatic carbocycles. The van der Waals surface area contributed by atoms with Crippen LogP contribution in [0.25, 0.3) is 0 Å². The topological polar surface area (TPSA) is 165 Å². The molecule has 0 spiro atoms. The minimum absolute atomic E-state index is 0.0318. The van der Waals surface area contributed by atoms with E-state index in [0.717, 1.165) is 25.7 Å². The van der Waals surface area contributed by atoms with Crippen LogP contribution in [0.2, 0.25) is 0 Å². The van der Waals surface area contributed by atoms with Gasteiger partial charge in [-0.2, -0.15) is 0 Å². The van der Waals surface area contributed by atoms with Crippen molar-refractivity contribution in [1.29, 1.82) is 0 Å². The van der Waals surface area contributed by atoms with E-state index < -0.39 is 41.6 Å². The fraction of sp³-hybridized carbons (Fsp3) is 0.789. The third-order valence-corrected chi connectivity index (χ3v) is 4.45. The molecule has 0 aliphatic rings. The van der Waals surface area contributed by atoms with Gasteiger partial charge in [0.1, 0.15) is 19.3 Å². The second-order valence-corrected chi connectivity index (χ2v) is 6.94. The van der Waals surface area contributed by atoms with Crippen LogP contribution in [-0.4, -0.2) is 43.0 Å². The molecule has 2 unspecified atom stereocenters. The summed E-state index contributed by atoms with van der Waals surface area (Å²) < 4.78 is 10.1. The lowest BCUT2D eigenvalue weighted by Crippen LogP contribution is -2.36. The van der Waals surface area contributed by atoms with Gasteiger partial charge < -0.3 is 26.7 Å². The van der Waals surface area contributed by atoms with Crippen molar-refractivity contribution < 1.29 is 28.7 Å². The van der Waals surface area contributed by atoms with Crippen LogP contribution in [0.4, 0.5) is 0 Å². The van der Waals surface area contributed by atoms with Crippen LogP contribution in [0.15, 0.2) is 0 Å². The lowest BCUT2D eigenvalue weighted by molar-refractivity contribution is -0.148. The molecule has 0 rings (SSSR count). The summed E-state index contributed by atoms with van der Waals surface area (Å²) in [6, 6.07) is -1.01. The summed E-state index contributed by atoms with van der Waals surface area (Å²) >= 11 is 0. The van der Waals surface area contributed by atoms with Gasteiger partial charge in [-0.15, -0.1) is 0 Å². The molecule has 9 nitrogen and oxygen atoms in total. The van der Waals surface area contributed by atoms with E-state index >= 15 is 0 Å². The molecule has 2 amide bonds. The third-order valence-electron chi connectivity index (χ3n) is 4.45. The molecular formula is C19H35N3O6. The number of esters is 2. The highest BCUT2D eigenvalue weighted by atomic mass is 16.5. The van der Waals surface area contributed by atoms with E-state index in [4.69, 9.17) is 26.7 Å². The van der Waals surface area contributed by atoms with Crippen LogP contribution in [0.3, 0.4) is 0 Å². The van der Waals surface area contributed by atoms with Crippen LogP contribution >= 0.6 is 0 Å². The molecule has 0 heterocycles. The Labute approximate surface area is 166 Å². The maximum Gasteiger partial charge on any atom is 0.322 e. The fourth-order valence-electron chi connectivity index (χ4n) is 2.46. The maximum atomic E-state index is 11.9. The number of carbonyl (C=O) groups is 4. The minimum Gasteiger partial charge on any atom is -0.465 e. The van der Waals surface area contributed by atoms with Crippen molar-refractivity contribution in [2.75, 3.05) is 13.2 Å². The number of carbonyl (C=O) groups excluding carboxylic acids is 4. The van der Waals surface area contributed by atoms with Crippen molar-refractivity contribution in [1.82, 2.24) is 0 Å². The highest BCUT2D eigenvalue weighted by molar-refractivity contribution is 5.79. The average molecular weight is 402 g/mol. The number of primary amides is 2. The Morgan fingerprint density at radius 2 is 1.25 bits per heavy atom. The second-order valence-electron chi connectivity index (χ2n) is 6.94. The molecule has 0 aliphatic heterocycles. The molecule has 0 saturated heterocycles. The SMILES string of the molecule is CCCCC(COC(=O)CC[C@@H](N)C(=O)OCC(CCCC)C(N)=O)C(N)=O. The van der Waals surface area contributed by atoms with Gasteiger partial charge in [0.25, 0.3) is 0 Å². The summed E-state index contributed by atoms with van der Waals surface area (Å²) in [6.45, 7) is 3.77. The van der Waals surface area contributed by atoms with E-state index in [1.165, 1.54) is 0 Å². The van der Waals surface area contributed by atoms with Gasteiger partial charge in [-0.05, 0) is 19.3 Å². The first-order chi connectivity index (χ1) is 13.2. The number of amides is 2. The van der Waals surface area contributed by atoms with Crippen molar-refractivity contribution in [3.63, 3.8) is 0 Å². The predicted molar refractivity (Wildman–Crippen MR) is 104 cm³/mol. The largest absolute Gasteiger partial charge is 0.465 e. The molecule has 0 fully saturated rings. The summed E-state index contributed by atoms with van der Waals surface area (Å²) in [5.41, 5.74) is 16.3. The van der Waals surface area contributed by atoms with E-state index in [-0.39, 0.29) is 26.1 Å². The molecule has 28 heavy (non-hydrogen) atoms. The number of nitrogens with two attached hydrogens (primary N) is 3. The standard InChI is InChI=1S/C19H35N3O6/c1-3-5-7-13(17(21)24)11-27-16(23)10-9-15(20)19(26)28-12-14(18(22)25)8-6-4-2/h13-15H,3-12,20H2,1-2H3,(H2,21,24)(H2,22,25)/t13?,14?,15-/m1/s1. The van der Waals surface area contributed by atoms with E-state index in [1.54, 1.807) is 0 Å². The zero-order valence-corrected chi connectivity index (χ0v) is 17.0. The summed E-state index contributed by atoms with van der Waals surface area (Å²) in [6.07, 6.45) is 4.45. The molecular weight excluding hydrogens is 366 g/mol. The van der Waals surface area contributed by atoms with Crippen molar-refractivity contribution in [3.8, 4) is 0 Å². The molecule has 0 bridgehead atoms. The van der Waals surface area contributed by atoms with Gasteiger partial charge in [-0.25, -0.2) is 0 Å². The monoisotopic (exact) mass is 401 g/mol. The van der Waals surface area contributed by atoms with Crippen molar-refractivity contribution >= 4 is 23.8 Å². The van der Waals surface area contributed by atoms with Crippen LogP contribution in [-0.2, 0) is 28.7 Å². The smallest absolute Gasteiger partial charge is 0.322 e. The van der Waals surface area contributed by atoms with E-state index in [1.807, 2.05) is 13.8 Å². The molecule has 0 saturated carbocycles. The lowest BCUT2D eigenvalue weighted by atomic mass is 10.0. The number of hydrogen-bond acceptors (Lipinski definition) is 7. The zero-order chi connectivity index (χ0) is 21.5. The predicted octanol–water partition coefficient (Wildman–Crippen LogP) is 0.764. The number of rotatable bonds is 16. The molecule has 3 atom stereocenters. The molecule has 0 aromatic carbocycles. The second kappa shape index (κ2) is 14.8. The third kappa shape index (κ3) is 11.5. The van der Waals surface area contributed by atoms with Gasteiger partial charge in [0, 0.05) is 6.42 Å². The first-order valence-corrected chi connectivity index (χ1v) is 9.89. The Balaban J connectivity index is 4.24. The van der Waals surface area contributed by atoms with E-state index in [2.05, 4.69) is 0 Å². The summed E-state index contributed by atoms with van der Waals surface area (Å²) in [4.78, 5) is 46.4. The van der Waals surface area contributed by atoms with Gasteiger partial charge in [-0.3, -0.25) is 19.2 Å². The van der Waals surface area contributed by atoms with E-state index in [0.29, 0.717) is 12.8 Å². The quantitative estimate of drug-likeness (QED) is 0.321. The van der Waals surface area contributed by atoms with Gasteiger partial charge in [0.15, 0.2) is 0 Å². The molecule has 0 radical (unpaired) electrons. The highest BCUT2D eigenvalue weighted by Crippen LogP contribution is 2.11. The minimum atomic E-state index is -1.01. The van der Waals surface area contributed by atoms with Crippen LogP contribution in [0, 0.1) is 11.8 Å². The molecule has 0 aromatic heterocycles. The summed E-state index contributed by atoms with van der Waals surface area (Å²) in [5.74, 6) is -3.36. The van der Waals surface area contributed by atoms with Crippen LogP contribution < -0.4 is 17.2 Å². The molecule has 0 aromatic rings. The first kappa shape index (κ1) is 25.8. The van der Waals surface area contributed by atoms with Crippen molar-refractivity contribution in [2.24, 2.45) is 29.0 Å². The number of ether oxygens (including phenoxy) is 2. The van der Waals surface area contributed by atoms with Crippen LogP contribution in [0.1, 0.15) is 65.2 Å². The van der Waals surface area contributed by atoms with Gasteiger partial charge in [-0.1, -0.05) is 39.5 Å². The maximum absolute atomic E-state index is 11.9. The molecule has 6 N–H and O–H groups in total. The Morgan fingerprint density at radius 3 is 1.68 bits per heavy atom.